The molecule has 0 radical (unpaired) electrons. The van der Waals surface area contributed by atoms with E-state index in [0.29, 0.717) is 11.2 Å². The van der Waals surface area contributed by atoms with Gasteiger partial charge in [0.05, 0.1) is 17.4 Å². The van der Waals surface area contributed by atoms with Crippen LogP contribution in [0.25, 0.3) is 11.2 Å². The Balaban J connectivity index is 1.98. The van der Waals surface area contributed by atoms with Crippen molar-refractivity contribution in [2.75, 3.05) is 18.6 Å². The molecule has 1 fully saturated rings. The molecule has 2 N–H and O–H groups in total. The first-order valence-electron chi connectivity index (χ1n) is 7.41. The van der Waals surface area contributed by atoms with E-state index < -0.39 is 39.4 Å². The van der Waals surface area contributed by atoms with E-state index in [1.165, 1.54) is 24.1 Å². The van der Waals surface area contributed by atoms with Crippen molar-refractivity contribution < 1.29 is 26.9 Å². The largest absolute Gasteiger partial charge is 0.463 e. The third kappa shape index (κ3) is 3.79. The summed E-state index contributed by atoms with van der Waals surface area (Å²) in [5.41, 5.74) is 6.49. The van der Waals surface area contributed by atoms with E-state index >= 15 is 0 Å². The van der Waals surface area contributed by atoms with Crippen molar-refractivity contribution in [3.05, 3.63) is 12.7 Å². The van der Waals surface area contributed by atoms with E-state index in [9.17, 15) is 13.2 Å². The standard InChI is InChI=1S/C13H16BrN5O6S/c1-6(20)23-3-7-8(14)10(25-26(2,21)22)13(24-7)19-5-18-9-11(15)16-4-17-12(9)19/h4-5,7-8,10,13H,3H2,1-2H3,(H2,15,16,17)/t7-,8?,10?,13-/m1/s1. The molecule has 142 valence electrons. The minimum absolute atomic E-state index is 0.0743. The maximum absolute atomic E-state index is 11.7. The zero-order valence-electron chi connectivity index (χ0n) is 13.8. The van der Waals surface area contributed by atoms with Crippen LogP contribution in [0.5, 0.6) is 0 Å². The van der Waals surface area contributed by atoms with Gasteiger partial charge in [-0.25, -0.2) is 15.0 Å². The number of hydrogen-bond acceptors (Lipinski definition) is 10. The zero-order valence-corrected chi connectivity index (χ0v) is 16.2. The zero-order chi connectivity index (χ0) is 19.1. The number of esters is 1. The highest BCUT2D eigenvalue weighted by Gasteiger charge is 2.48. The van der Waals surface area contributed by atoms with E-state index in [1.54, 1.807) is 0 Å². The molecule has 1 saturated heterocycles. The highest BCUT2D eigenvalue weighted by molar-refractivity contribution is 9.09. The molecule has 3 heterocycles. The van der Waals surface area contributed by atoms with Crippen LogP contribution in [0.4, 0.5) is 5.82 Å². The molecule has 4 atom stereocenters. The van der Waals surface area contributed by atoms with Crippen LogP contribution in [0.3, 0.4) is 0 Å². The Hall–Kier alpha value is -1.83. The van der Waals surface area contributed by atoms with Crippen molar-refractivity contribution in [1.82, 2.24) is 19.5 Å². The lowest BCUT2D eigenvalue weighted by molar-refractivity contribution is -0.145. The Kier molecular flexibility index (Phi) is 5.14. The molecular formula is C13H16BrN5O6S. The number of hydrogen-bond donors (Lipinski definition) is 1. The van der Waals surface area contributed by atoms with Gasteiger partial charge in [-0.15, -0.1) is 0 Å². The Morgan fingerprint density at radius 1 is 1.42 bits per heavy atom. The van der Waals surface area contributed by atoms with Crippen LogP contribution in [0.1, 0.15) is 13.2 Å². The maximum Gasteiger partial charge on any atom is 0.302 e. The average Bonchev–Trinajstić information content (AvgIpc) is 3.08. The normalized spacial score (nSPS) is 26.3. The van der Waals surface area contributed by atoms with E-state index in [2.05, 4.69) is 30.9 Å². The topological polar surface area (TPSA) is 149 Å². The molecule has 11 nitrogen and oxygen atoms in total. The van der Waals surface area contributed by atoms with Crippen molar-refractivity contribution in [3.63, 3.8) is 0 Å². The van der Waals surface area contributed by atoms with E-state index in [0.717, 1.165) is 6.26 Å². The fraction of sp³-hybridized carbons (Fsp3) is 0.538. The van der Waals surface area contributed by atoms with Crippen LogP contribution < -0.4 is 5.73 Å². The molecule has 0 spiro atoms. The number of nitrogens with zero attached hydrogens (tertiary/aromatic N) is 4. The number of ether oxygens (including phenoxy) is 2. The van der Waals surface area contributed by atoms with Gasteiger partial charge in [0.25, 0.3) is 10.1 Å². The highest BCUT2D eigenvalue weighted by Crippen LogP contribution is 2.38. The van der Waals surface area contributed by atoms with Crippen LogP contribution in [0, 0.1) is 0 Å². The summed E-state index contributed by atoms with van der Waals surface area (Å²) in [6.45, 7) is 1.19. The third-order valence-corrected chi connectivity index (χ3v) is 5.34. The number of carbonyl (C=O) groups excluding carboxylic acids is 1. The van der Waals surface area contributed by atoms with Crippen LogP contribution >= 0.6 is 15.9 Å². The molecule has 0 aliphatic carbocycles. The first kappa shape index (κ1) is 18.9. The van der Waals surface area contributed by atoms with Crippen LogP contribution in [-0.2, 0) is 28.6 Å². The summed E-state index contributed by atoms with van der Waals surface area (Å²) in [4.78, 5) is 22.6. The van der Waals surface area contributed by atoms with Gasteiger partial charge in [0.1, 0.15) is 30.7 Å². The van der Waals surface area contributed by atoms with E-state index in [1.807, 2.05) is 0 Å². The molecule has 0 aromatic carbocycles. The van der Waals surface area contributed by atoms with Crippen molar-refractivity contribution in [2.45, 2.75) is 30.2 Å². The molecule has 2 aromatic heterocycles. The van der Waals surface area contributed by atoms with Crippen LogP contribution in [0.2, 0.25) is 0 Å². The smallest absolute Gasteiger partial charge is 0.302 e. The van der Waals surface area contributed by atoms with Crippen molar-refractivity contribution in [2.24, 2.45) is 0 Å². The fourth-order valence-corrected chi connectivity index (χ4v) is 4.02. The molecule has 3 rings (SSSR count). The fourth-order valence-electron chi connectivity index (χ4n) is 2.61. The number of alkyl halides is 1. The van der Waals surface area contributed by atoms with Gasteiger partial charge in [0, 0.05) is 6.92 Å². The van der Waals surface area contributed by atoms with Gasteiger partial charge in [0.15, 0.2) is 17.7 Å². The van der Waals surface area contributed by atoms with E-state index in [-0.39, 0.29) is 12.4 Å². The second-order valence-corrected chi connectivity index (χ2v) is 8.32. The van der Waals surface area contributed by atoms with Crippen molar-refractivity contribution >= 4 is 49.0 Å². The predicted octanol–water partition coefficient (Wildman–Crippen LogP) is -0.0227. The molecule has 1 aliphatic rings. The first-order chi connectivity index (χ1) is 12.2. The number of nitrogens with two attached hydrogens (primary N) is 1. The minimum atomic E-state index is -3.79. The molecule has 0 amide bonds. The molecule has 0 bridgehead atoms. The maximum atomic E-state index is 11.7. The lowest BCUT2D eigenvalue weighted by Crippen LogP contribution is -2.33. The molecule has 26 heavy (non-hydrogen) atoms. The second kappa shape index (κ2) is 7.06. The summed E-state index contributed by atoms with van der Waals surface area (Å²) in [6, 6.07) is 0. The van der Waals surface area contributed by atoms with Crippen LogP contribution in [-0.4, -0.2) is 63.8 Å². The molecular weight excluding hydrogens is 434 g/mol. The Morgan fingerprint density at radius 3 is 2.81 bits per heavy atom. The SMILES string of the molecule is CC(=O)OC[C@H]1O[C@@H](n2cnc3c(N)ncnc32)C(OS(C)(=O)=O)C1Br. The second-order valence-electron chi connectivity index (χ2n) is 5.66. The van der Waals surface area contributed by atoms with Gasteiger partial charge in [-0.2, -0.15) is 8.42 Å². The lowest BCUT2D eigenvalue weighted by Gasteiger charge is -2.20. The summed E-state index contributed by atoms with van der Waals surface area (Å²) in [7, 11) is -3.79. The average molecular weight is 450 g/mol. The van der Waals surface area contributed by atoms with Crippen LogP contribution in [0.15, 0.2) is 12.7 Å². The Bertz CT molecular complexity index is 934. The molecule has 2 aromatic rings. The lowest BCUT2D eigenvalue weighted by atomic mass is 10.2. The van der Waals surface area contributed by atoms with Crippen molar-refractivity contribution in [3.8, 4) is 0 Å². The van der Waals surface area contributed by atoms with Gasteiger partial charge in [-0.1, -0.05) is 15.9 Å². The molecule has 2 unspecified atom stereocenters. The van der Waals surface area contributed by atoms with Crippen molar-refractivity contribution in [1.29, 1.82) is 0 Å². The summed E-state index contributed by atoms with van der Waals surface area (Å²) in [5, 5.41) is 0. The number of aromatic nitrogens is 4. The number of halogens is 1. The summed E-state index contributed by atoms with van der Waals surface area (Å²) in [6.07, 6.45) is 1.13. The number of nitrogen functional groups attached to an aromatic ring is 1. The minimum Gasteiger partial charge on any atom is -0.463 e. The van der Waals surface area contributed by atoms with Gasteiger partial charge >= 0.3 is 5.97 Å². The van der Waals surface area contributed by atoms with Gasteiger partial charge < -0.3 is 15.2 Å². The van der Waals surface area contributed by atoms with Gasteiger partial charge in [-0.05, 0) is 0 Å². The monoisotopic (exact) mass is 449 g/mol. The summed E-state index contributed by atoms with van der Waals surface area (Å²) < 4.78 is 40.9. The number of carbonyl (C=O) groups is 1. The number of rotatable bonds is 5. The van der Waals surface area contributed by atoms with Gasteiger partial charge in [-0.3, -0.25) is 13.5 Å². The van der Waals surface area contributed by atoms with E-state index in [4.69, 9.17) is 19.4 Å². The Labute approximate surface area is 157 Å². The first-order valence-corrected chi connectivity index (χ1v) is 10.1. The van der Waals surface area contributed by atoms with Gasteiger partial charge in [0.2, 0.25) is 0 Å². The summed E-state index contributed by atoms with van der Waals surface area (Å²) in [5.74, 6) is -0.301. The number of fused-ring (bicyclic) bond motifs is 1. The quantitative estimate of drug-likeness (QED) is 0.374. The molecule has 13 heteroatoms. The third-order valence-electron chi connectivity index (χ3n) is 3.66. The molecule has 1 aliphatic heterocycles. The predicted molar refractivity (Wildman–Crippen MR) is 92.7 cm³/mol. The summed E-state index contributed by atoms with van der Waals surface area (Å²) >= 11 is 3.38. The highest BCUT2D eigenvalue weighted by atomic mass is 79.9. The number of anilines is 1. The Morgan fingerprint density at radius 2 is 2.15 bits per heavy atom. The number of imidazole rings is 1. The molecule has 0 saturated carbocycles.